The average molecular weight is 395 g/mol. The van der Waals surface area contributed by atoms with Crippen molar-refractivity contribution in [2.45, 2.75) is 6.61 Å². The third-order valence-electron chi connectivity index (χ3n) is 4.02. The highest BCUT2D eigenvalue weighted by atomic mass is 19.3. The molecular weight excluding hydrogens is 380 g/mol. The maximum Gasteiger partial charge on any atom is 0.387 e. The summed E-state index contributed by atoms with van der Waals surface area (Å²) in [7, 11) is 1.56. The van der Waals surface area contributed by atoms with Crippen LogP contribution in [-0.2, 0) is 0 Å². The number of aromatic nitrogens is 4. The molecule has 2 aromatic heterocycles. The Morgan fingerprint density at radius 2 is 1.90 bits per heavy atom. The van der Waals surface area contributed by atoms with E-state index in [-0.39, 0.29) is 5.75 Å². The average Bonchev–Trinajstić information content (AvgIpc) is 2.74. The molecule has 0 unspecified atom stereocenters. The summed E-state index contributed by atoms with van der Waals surface area (Å²) in [6.45, 7) is -2.90. The van der Waals surface area contributed by atoms with Crippen molar-refractivity contribution < 1.29 is 18.3 Å². The lowest BCUT2D eigenvalue weighted by molar-refractivity contribution is -0.0498. The van der Waals surface area contributed by atoms with Gasteiger partial charge in [0.1, 0.15) is 23.0 Å². The number of hydrogen-bond donors (Lipinski definition) is 1. The van der Waals surface area contributed by atoms with E-state index in [0.29, 0.717) is 39.7 Å². The molecule has 0 amide bonds. The standard InChI is InChI=1S/C20H15F2N5O2/c1-28-13-5-6-16-15(10-13)18(27-19(26-16)17-11-23-7-8-24-17)25-12-3-2-4-14(9-12)29-20(21)22/h2-11,20H,1H3,(H,25,26,27). The molecule has 0 atom stereocenters. The molecular formula is C20H15F2N5O2. The highest BCUT2D eigenvalue weighted by molar-refractivity contribution is 5.93. The summed E-state index contributed by atoms with van der Waals surface area (Å²) in [4.78, 5) is 17.4. The van der Waals surface area contributed by atoms with E-state index in [0.717, 1.165) is 0 Å². The van der Waals surface area contributed by atoms with Gasteiger partial charge in [-0.05, 0) is 30.3 Å². The number of benzene rings is 2. The number of methoxy groups -OCH3 is 1. The second kappa shape index (κ2) is 8.01. The first-order valence-electron chi connectivity index (χ1n) is 8.56. The zero-order valence-corrected chi connectivity index (χ0v) is 15.2. The second-order valence-corrected chi connectivity index (χ2v) is 5.90. The van der Waals surface area contributed by atoms with E-state index in [1.807, 2.05) is 0 Å². The minimum atomic E-state index is -2.90. The maximum atomic E-state index is 12.5. The molecule has 0 aliphatic carbocycles. The van der Waals surface area contributed by atoms with Gasteiger partial charge in [0.25, 0.3) is 0 Å². The molecule has 0 aliphatic heterocycles. The van der Waals surface area contributed by atoms with E-state index in [1.165, 1.54) is 12.1 Å². The van der Waals surface area contributed by atoms with Crippen LogP contribution in [0.25, 0.3) is 22.4 Å². The number of nitrogens with one attached hydrogen (secondary N) is 1. The van der Waals surface area contributed by atoms with Crippen LogP contribution < -0.4 is 14.8 Å². The molecule has 0 fully saturated rings. The molecule has 2 heterocycles. The van der Waals surface area contributed by atoms with Gasteiger partial charge in [-0.2, -0.15) is 8.78 Å². The molecule has 0 saturated heterocycles. The van der Waals surface area contributed by atoms with Gasteiger partial charge >= 0.3 is 6.61 Å². The number of ether oxygens (including phenoxy) is 2. The highest BCUT2D eigenvalue weighted by Crippen LogP contribution is 2.30. The quantitative estimate of drug-likeness (QED) is 0.517. The normalized spacial score (nSPS) is 10.9. The Kier molecular flexibility index (Phi) is 5.10. The summed E-state index contributed by atoms with van der Waals surface area (Å²) < 4.78 is 34.8. The molecule has 0 aliphatic rings. The van der Waals surface area contributed by atoms with Crippen molar-refractivity contribution in [3.05, 3.63) is 61.1 Å². The zero-order chi connectivity index (χ0) is 20.2. The van der Waals surface area contributed by atoms with E-state index in [4.69, 9.17) is 4.74 Å². The fourth-order valence-corrected chi connectivity index (χ4v) is 2.75. The molecule has 7 nitrogen and oxygen atoms in total. The molecule has 9 heteroatoms. The van der Waals surface area contributed by atoms with E-state index in [2.05, 4.69) is 30.0 Å². The largest absolute Gasteiger partial charge is 0.497 e. The fourth-order valence-electron chi connectivity index (χ4n) is 2.75. The first kappa shape index (κ1) is 18.5. The summed E-state index contributed by atoms with van der Waals surface area (Å²) in [5.74, 6) is 1.50. The van der Waals surface area contributed by atoms with Gasteiger partial charge in [0.15, 0.2) is 5.82 Å². The van der Waals surface area contributed by atoms with Crippen LogP contribution in [-0.4, -0.2) is 33.7 Å². The number of alkyl halides is 2. The number of nitrogens with zero attached hydrogens (tertiary/aromatic N) is 4. The topological polar surface area (TPSA) is 82.1 Å². The Labute approximate surface area is 164 Å². The zero-order valence-electron chi connectivity index (χ0n) is 15.2. The van der Waals surface area contributed by atoms with Crippen LogP contribution in [0.15, 0.2) is 61.1 Å². The van der Waals surface area contributed by atoms with Crippen LogP contribution in [0.2, 0.25) is 0 Å². The van der Waals surface area contributed by atoms with Gasteiger partial charge in [-0.25, -0.2) is 15.0 Å². The van der Waals surface area contributed by atoms with E-state index < -0.39 is 6.61 Å². The Bertz CT molecular complexity index is 1140. The van der Waals surface area contributed by atoms with Crippen molar-refractivity contribution in [2.75, 3.05) is 12.4 Å². The fraction of sp³-hybridized carbons (Fsp3) is 0.100. The Morgan fingerprint density at radius 1 is 1.00 bits per heavy atom. The highest BCUT2D eigenvalue weighted by Gasteiger charge is 2.13. The SMILES string of the molecule is COc1ccc2nc(-c3cnccn3)nc(Nc3cccc(OC(F)F)c3)c2c1. The van der Waals surface area contributed by atoms with Gasteiger partial charge < -0.3 is 14.8 Å². The first-order valence-corrected chi connectivity index (χ1v) is 8.56. The minimum absolute atomic E-state index is 0.0371. The van der Waals surface area contributed by atoms with Gasteiger partial charge in [-0.1, -0.05) is 6.07 Å². The summed E-state index contributed by atoms with van der Waals surface area (Å²) in [6, 6.07) is 11.6. The van der Waals surface area contributed by atoms with Crippen molar-refractivity contribution in [2.24, 2.45) is 0 Å². The number of rotatable bonds is 6. The molecule has 1 N–H and O–H groups in total. The van der Waals surface area contributed by atoms with E-state index in [1.54, 1.807) is 56.0 Å². The van der Waals surface area contributed by atoms with Gasteiger partial charge in [0.2, 0.25) is 0 Å². The molecule has 4 rings (SSSR count). The number of hydrogen-bond acceptors (Lipinski definition) is 7. The van der Waals surface area contributed by atoms with Crippen LogP contribution in [0.1, 0.15) is 0 Å². The van der Waals surface area contributed by atoms with Crippen molar-refractivity contribution >= 4 is 22.4 Å². The van der Waals surface area contributed by atoms with Crippen molar-refractivity contribution in [1.29, 1.82) is 0 Å². The monoisotopic (exact) mass is 395 g/mol. The molecule has 29 heavy (non-hydrogen) atoms. The number of halogens is 2. The third kappa shape index (κ3) is 4.18. The van der Waals surface area contributed by atoms with Crippen LogP contribution in [0.4, 0.5) is 20.3 Å². The lowest BCUT2D eigenvalue weighted by Gasteiger charge is -2.13. The molecule has 0 saturated carbocycles. The predicted octanol–water partition coefficient (Wildman–Crippen LogP) is 4.44. The summed E-state index contributed by atoms with van der Waals surface area (Å²) in [5.41, 5.74) is 1.68. The number of anilines is 2. The lowest BCUT2D eigenvalue weighted by Crippen LogP contribution is -2.03. The van der Waals surface area contributed by atoms with Crippen LogP contribution in [0.5, 0.6) is 11.5 Å². The Hall–Kier alpha value is -3.88. The van der Waals surface area contributed by atoms with E-state index >= 15 is 0 Å². The Balaban J connectivity index is 1.81. The number of fused-ring (bicyclic) bond motifs is 1. The first-order chi connectivity index (χ1) is 14.1. The molecule has 0 bridgehead atoms. The maximum absolute atomic E-state index is 12.5. The molecule has 146 valence electrons. The minimum Gasteiger partial charge on any atom is -0.497 e. The molecule has 0 radical (unpaired) electrons. The van der Waals surface area contributed by atoms with Crippen LogP contribution >= 0.6 is 0 Å². The predicted molar refractivity (Wildman–Crippen MR) is 103 cm³/mol. The van der Waals surface area contributed by atoms with Crippen LogP contribution in [0.3, 0.4) is 0 Å². The lowest BCUT2D eigenvalue weighted by atomic mass is 10.2. The third-order valence-corrected chi connectivity index (χ3v) is 4.02. The summed E-state index contributed by atoms with van der Waals surface area (Å²) in [5, 5.41) is 3.83. The second-order valence-electron chi connectivity index (χ2n) is 5.90. The van der Waals surface area contributed by atoms with Gasteiger partial charge in [0, 0.05) is 29.5 Å². The van der Waals surface area contributed by atoms with Crippen molar-refractivity contribution in [1.82, 2.24) is 19.9 Å². The van der Waals surface area contributed by atoms with Gasteiger partial charge in [0.05, 0.1) is 18.8 Å². The van der Waals surface area contributed by atoms with Crippen LogP contribution in [0, 0.1) is 0 Å². The smallest absolute Gasteiger partial charge is 0.387 e. The Morgan fingerprint density at radius 3 is 2.66 bits per heavy atom. The van der Waals surface area contributed by atoms with Gasteiger partial charge in [-0.15, -0.1) is 0 Å². The van der Waals surface area contributed by atoms with E-state index in [9.17, 15) is 8.78 Å². The molecule has 4 aromatic rings. The molecule has 0 spiro atoms. The molecule has 2 aromatic carbocycles. The summed E-state index contributed by atoms with van der Waals surface area (Å²) in [6.07, 6.45) is 4.67. The van der Waals surface area contributed by atoms with Crippen molar-refractivity contribution in [3.63, 3.8) is 0 Å². The van der Waals surface area contributed by atoms with Gasteiger partial charge in [-0.3, -0.25) is 4.98 Å². The summed E-state index contributed by atoms with van der Waals surface area (Å²) >= 11 is 0. The van der Waals surface area contributed by atoms with Crippen molar-refractivity contribution in [3.8, 4) is 23.0 Å².